The van der Waals surface area contributed by atoms with Crippen molar-refractivity contribution in [2.45, 2.75) is 57.7 Å². The number of ether oxygens (including phenoxy) is 2. The van der Waals surface area contributed by atoms with E-state index in [2.05, 4.69) is 13.0 Å². The monoisotopic (exact) mass is 261 g/mol. The molecule has 1 aromatic rings. The average Bonchev–Trinajstić information content (AvgIpc) is 2.34. The highest BCUT2D eigenvalue weighted by molar-refractivity contribution is 5.53. The second-order valence-electron chi connectivity index (χ2n) is 6.09. The summed E-state index contributed by atoms with van der Waals surface area (Å²) in [6, 6.07) is 4.07. The molecule has 3 rings (SSSR count). The zero-order valence-corrected chi connectivity index (χ0v) is 11.9. The lowest BCUT2D eigenvalue weighted by molar-refractivity contribution is -0.153. The maximum absolute atomic E-state index is 6.22. The van der Waals surface area contributed by atoms with Gasteiger partial charge >= 0.3 is 0 Å². The molecule has 2 aliphatic rings. The van der Waals surface area contributed by atoms with Crippen LogP contribution in [0.15, 0.2) is 12.1 Å². The first-order chi connectivity index (χ1) is 9.08. The van der Waals surface area contributed by atoms with Crippen LogP contribution in [0, 0.1) is 13.8 Å². The van der Waals surface area contributed by atoms with Crippen molar-refractivity contribution in [3.05, 3.63) is 23.3 Å². The smallest absolute Gasteiger partial charge is 0.123 e. The van der Waals surface area contributed by atoms with E-state index in [9.17, 15) is 0 Å². The van der Waals surface area contributed by atoms with Crippen LogP contribution in [-0.2, 0) is 4.74 Å². The molecule has 2 fully saturated rings. The van der Waals surface area contributed by atoms with Gasteiger partial charge in [-0.2, -0.15) is 0 Å². The number of nitrogens with two attached hydrogens (primary N) is 1. The zero-order valence-electron chi connectivity index (χ0n) is 11.9. The molecule has 1 aliphatic carbocycles. The summed E-state index contributed by atoms with van der Waals surface area (Å²) < 4.78 is 12.2. The molecule has 1 saturated heterocycles. The molecule has 104 valence electrons. The Labute approximate surface area is 115 Å². The van der Waals surface area contributed by atoms with Crippen molar-refractivity contribution in [3.63, 3.8) is 0 Å². The first-order valence-corrected chi connectivity index (χ1v) is 7.25. The summed E-state index contributed by atoms with van der Waals surface area (Å²) in [5, 5.41) is 0. The number of hydrogen-bond acceptors (Lipinski definition) is 3. The van der Waals surface area contributed by atoms with Gasteiger partial charge < -0.3 is 15.2 Å². The molecule has 19 heavy (non-hydrogen) atoms. The summed E-state index contributed by atoms with van der Waals surface area (Å²) in [5.74, 6) is 0.980. The maximum atomic E-state index is 6.22. The summed E-state index contributed by atoms with van der Waals surface area (Å²) in [6.45, 7) is 4.92. The minimum absolute atomic E-state index is 0.139. The predicted octanol–water partition coefficient (Wildman–Crippen LogP) is 3.37. The van der Waals surface area contributed by atoms with Crippen molar-refractivity contribution in [3.8, 4) is 5.75 Å². The second kappa shape index (κ2) is 4.71. The Bertz CT molecular complexity index is 480. The standard InChI is InChI=1S/C16H23NO2/c1-11-9-15(12(2)8-14(11)17)19-13-4-7-18-16(10-13)5-3-6-16/h8-9,13H,3-7,10,17H2,1-2H3. The third kappa shape index (κ3) is 2.44. The SMILES string of the molecule is Cc1cc(OC2CCOC3(CCC3)C2)c(C)cc1N. The molecule has 0 amide bonds. The molecule has 1 saturated carbocycles. The summed E-state index contributed by atoms with van der Waals surface area (Å²) in [7, 11) is 0. The molecule has 3 heteroatoms. The molecule has 1 unspecified atom stereocenters. The Hall–Kier alpha value is -1.22. The lowest BCUT2D eigenvalue weighted by Crippen LogP contribution is -2.48. The van der Waals surface area contributed by atoms with Gasteiger partial charge in [-0.1, -0.05) is 0 Å². The quantitative estimate of drug-likeness (QED) is 0.830. The fraction of sp³-hybridized carbons (Fsp3) is 0.625. The van der Waals surface area contributed by atoms with Crippen molar-refractivity contribution < 1.29 is 9.47 Å². The van der Waals surface area contributed by atoms with Crippen molar-refractivity contribution in [1.82, 2.24) is 0 Å². The molecule has 1 aromatic carbocycles. The van der Waals surface area contributed by atoms with Gasteiger partial charge in [-0.3, -0.25) is 0 Å². The third-order valence-electron chi connectivity index (χ3n) is 4.57. The molecule has 1 aliphatic heterocycles. The molecular formula is C16H23NO2. The van der Waals surface area contributed by atoms with E-state index in [0.717, 1.165) is 42.0 Å². The summed E-state index contributed by atoms with van der Waals surface area (Å²) in [6.07, 6.45) is 6.02. The Balaban J connectivity index is 1.72. The van der Waals surface area contributed by atoms with Gasteiger partial charge in [0, 0.05) is 18.5 Å². The van der Waals surface area contributed by atoms with Crippen LogP contribution in [0.2, 0.25) is 0 Å². The number of nitrogen functional groups attached to an aromatic ring is 1. The van der Waals surface area contributed by atoms with E-state index in [1.54, 1.807) is 0 Å². The fourth-order valence-corrected chi connectivity index (χ4v) is 3.12. The summed E-state index contributed by atoms with van der Waals surface area (Å²) in [4.78, 5) is 0. The van der Waals surface area contributed by atoms with E-state index in [0.29, 0.717) is 0 Å². The van der Waals surface area contributed by atoms with Gasteiger partial charge in [0.25, 0.3) is 0 Å². The topological polar surface area (TPSA) is 44.5 Å². The lowest BCUT2D eigenvalue weighted by Gasteiger charge is -2.47. The van der Waals surface area contributed by atoms with E-state index in [-0.39, 0.29) is 11.7 Å². The fourth-order valence-electron chi connectivity index (χ4n) is 3.12. The third-order valence-corrected chi connectivity index (χ3v) is 4.57. The van der Waals surface area contributed by atoms with Crippen molar-refractivity contribution >= 4 is 5.69 Å². The van der Waals surface area contributed by atoms with E-state index < -0.39 is 0 Å². The van der Waals surface area contributed by atoms with Gasteiger partial charge in [0.05, 0.1) is 12.2 Å². The van der Waals surface area contributed by atoms with Crippen LogP contribution in [-0.4, -0.2) is 18.3 Å². The van der Waals surface area contributed by atoms with Crippen molar-refractivity contribution in [1.29, 1.82) is 0 Å². The van der Waals surface area contributed by atoms with Crippen molar-refractivity contribution in [2.24, 2.45) is 0 Å². The molecule has 0 bridgehead atoms. The highest BCUT2D eigenvalue weighted by atomic mass is 16.5. The van der Waals surface area contributed by atoms with Gasteiger partial charge in [0.15, 0.2) is 0 Å². The molecule has 1 atom stereocenters. The highest BCUT2D eigenvalue weighted by Gasteiger charge is 2.43. The molecule has 1 spiro atoms. The van der Waals surface area contributed by atoms with Crippen LogP contribution < -0.4 is 10.5 Å². The first kappa shape index (κ1) is 12.8. The zero-order chi connectivity index (χ0) is 13.5. The largest absolute Gasteiger partial charge is 0.490 e. The molecule has 0 radical (unpaired) electrons. The first-order valence-electron chi connectivity index (χ1n) is 7.25. The van der Waals surface area contributed by atoms with Crippen molar-refractivity contribution in [2.75, 3.05) is 12.3 Å². The van der Waals surface area contributed by atoms with Gasteiger partial charge in [0.1, 0.15) is 11.9 Å². The number of anilines is 1. The number of benzene rings is 1. The Kier molecular flexibility index (Phi) is 3.17. The van der Waals surface area contributed by atoms with Crippen LogP contribution in [0.3, 0.4) is 0 Å². The Morgan fingerprint density at radius 1 is 1.26 bits per heavy atom. The van der Waals surface area contributed by atoms with Crippen LogP contribution in [0.4, 0.5) is 5.69 Å². The predicted molar refractivity (Wildman–Crippen MR) is 76.5 cm³/mol. The molecule has 2 N–H and O–H groups in total. The van der Waals surface area contributed by atoms with Crippen LogP contribution in [0.25, 0.3) is 0 Å². The molecule has 3 nitrogen and oxygen atoms in total. The minimum atomic E-state index is 0.139. The van der Waals surface area contributed by atoms with Gasteiger partial charge in [-0.15, -0.1) is 0 Å². The van der Waals surface area contributed by atoms with E-state index in [4.69, 9.17) is 15.2 Å². The summed E-state index contributed by atoms with van der Waals surface area (Å²) in [5.41, 5.74) is 9.11. The average molecular weight is 261 g/mol. The van der Waals surface area contributed by atoms with Gasteiger partial charge in [-0.25, -0.2) is 0 Å². The van der Waals surface area contributed by atoms with Gasteiger partial charge in [-0.05, 0) is 56.4 Å². The Morgan fingerprint density at radius 3 is 2.74 bits per heavy atom. The minimum Gasteiger partial charge on any atom is -0.490 e. The lowest BCUT2D eigenvalue weighted by atomic mass is 9.74. The van der Waals surface area contributed by atoms with Crippen LogP contribution in [0.5, 0.6) is 5.75 Å². The Morgan fingerprint density at radius 2 is 2.05 bits per heavy atom. The molecule has 0 aromatic heterocycles. The van der Waals surface area contributed by atoms with E-state index in [1.165, 1.54) is 19.3 Å². The number of hydrogen-bond donors (Lipinski definition) is 1. The number of aryl methyl sites for hydroxylation is 2. The van der Waals surface area contributed by atoms with Crippen LogP contribution >= 0.6 is 0 Å². The molecule has 1 heterocycles. The highest BCUT2D eigenvalue weighted by Crippen LogP contribution is 2.43. The maximum Gasteiger partial charge on any atom is 0.123 e. The number of rotatable bonds is 2. The van der Waals surface area contributed by atoms with E-state index >= 15 is 0 Å². The second-order valence-corrected chi connectivity index (χ2v) is 6.09. The van der Waals surface area contributed by atoms with E-state index in [1.807, 2.05) is 13.0 Å². The normalized spacial score (nSPS) is 25.1. The van der Waals surface area contributed by atoms with Crippen LogP contribution in [0.1, 0.15) is 43.2 Å². The van der Waals surface area contributed by atoms with Gasteiger partial charge in [0.2, 0.25) is 0 Å². The molecular weight excluding hydrogens is 238 g/mol. The summed E-state index contributed by atoms with van der Waals surface area (Å²) >= 11 is 0.